The smallest absolute Gasteiger partial charge is 0.220 e. The molecular formula is C15H23NO2. The molecule has 18 heavy (non-hydrogen) atoms. The van der Waals surface area contributed by atoms with Crippen molar-refractivity contribution in [3.63, 3.8) is 0 Å². The first-order valence-corrected chi connectivity index (χ1v) is 6.49. The molecule has 0 aliphatic rings. The molecule has 3 nitrogen and oxygen atoms in total. The number of hydrogen-bond acceptors (Lipinski definition) is 2. The number of amides is 1. The molecule has 1 aromatic carbocycles. The van der Waals surface area contributed by atoms with E-state index in [1.54, 1.807) is 0 Å². The van der Waals surface area contributed by atoms with Crippen LogP contribution in [0.2, 0.25) is 0 Å². The fraction of sp³-hybridized carbons (Fsp3) is 0.533. The van der Waals surface area contributed by atoms with E-state index in [4.69, 9.17) is 5.11 Å². The first-order chi connectivity index (χ1) is 8.53. The first-order valence-electron chi connectivity index (χ1n) is 6.49. The van der Waals surface area contributed by atoms with Gasteiger partial charge in [0.05, 0.1) is 0 Å². The second-order valence-electron chi connectivity index (χ2n) is 5.24. The molecule has 1 aromatic rings. The van der Waals surface area contributed by atoms with Gasteiger partial charge in [-0.25, -0.2) is 0 Å². The molecule has 0 saturated carbocycles. The van der Waals surface area contributed by atoms with Crippen LogP contribution < -0.4 is 5.32 Å². The number of nitrogens with one attached hydrogen (secondary N) is 1. The van der Waals surface area contributed by atoms with E-state index in [1.807, 2.05) is 32.0 Å². The van der Waals surface area contributed by atoms with Gasteiger partial charge in [0.2, 0.25) is 5.91 Å². The van der Waals surface area contributed by atoms with Crippen LogP contribution in [0.25, 0.3) is 0 Å². The fourth-order valence-electron chi connectivity index (χ4n) is 1.88. The van der Waals surface area contributed by atoms with Gasteiger partial charge >= 0.3 is 0 Å². The highest BCUT2D eigenvalue weighted by Crippen LogP contribution is 2.09. The van der Waals surface area contributed by atoms with Crippen LogP contribution >= 0.6 is 0 Å². The average molecular weight is 249 g/mol. The van der Waals surface area contributed by atoms with E-state index in [1.165, 1.54) is 5.56 Å². The summed E-state index contributed by atoms with van der Waals surface area (Å²) in [6, 6.07) is 10.2. The Bertz CT molecular complexity index is 360. The molecule has 0 bridgehead atoms. The summed E-state index contributed by atoms with van der Waals surface area (Å²) >= 11 is 0. The lowest BCUT2D eigenvalue weighted by Crippen LogP contribution is -2.43. The molecule has 1 amide bonds. The monoisotopic (exact) mass is 249 g/mol. The SMILES string of the molecule is CC(C)(CCO)NC(=O)CCCc1ccccc1. The van der Waals surface area contributed by atoms with E-state index < -0.39 is 0 Å². The Labute approximate surface area is 109 Å². The lowest BCUT2D eigenvalue weighted by molar-refractivity contribution is -0.122. The third-order valence-electron chi connectivity index (χ3n) is 2.93. The number of aryl methyl sites for hydroxylation is 1. The molecule has 100 valence electrons. The van der Waals surface area contributed by atoms with Gasteiger partial charge in [-0.2, -0.15) is 0 Å². The van der Waals surface area contributed by atoms with E-state index in [2.05, 4.69) is 17.4 Å². The topological polar surface area (TPSA) is 49.3 Å². The summed E-state index contributed by atoms with van der Waals surface area (Å²) in [4.78, 5) is 11.7. The van der Waals surface area contributed by atoms with Gasteiger partial charge in [0, 0.05) is 18.6 Å². The van der Waals surface area contributed by atoms with Crippen LogP contribution in [-0.2, 0) is 11.2 Å². The molecule has 3 heteroatoms. The Morgan fingerprint density at radius 3 is 2.56 bits per heavy atom. The molecule has 0 heterocycles. The van der Waals surface area contributed by atoms with Gasteiger partial charge in [0.15, 0.2) is 0 Å². The van der Waals surface area contributed by atoms with Crippen LogP contribution in [0.5, 0.6) is 0 Å². The molecule has 0 spiro atoms. The number of aliphatic hydroxyl groups is 1. The molecular weight excluding hydrogens is 226 g/mol. The first kappa shape index (κ1) is 14.7. The minimum Gasteiger partial charge on any atom is -0.396 e. The van der Waals surface area contributed by atoms with Crippen LogP contribution in [0.4, 0.5) is 0 Å². The Hall–Kier alpha value is -1.35. The van der Waals surface area contributed by atoms with Gasteiger partial charge in [-0.15, -0.1) is 0 Å². The van der Waals surface area contributed by atoms with Gasteiger partial charge in [0.25, 0.3) is 0 Å². The lowest BCUT2D eigenvalue weighted by Gasteiger charge is -2.25. The molecule has 0 aromatic heterocycles. The van der Waals surface area contributed by atoms with Crippen molar-refractivity contribution in [3.8, 4) is 0 Å². The highest BCUT2D eigenvalue weighted by molar-refractivity contribution is 5.76. The third-order valence-corrected chi connectivity index (χ3v) is 2.93. The maximum absolute atomic E-state index is 11.7. The number of carbonyl (C=O) groups is 1. The van der Waals surface area contributed by atoms with Gasteiger partial charge in [-0.3, -0.25) is 4.79 Å². The van der Waals surface area contributed by atoms with Gasteiger partial charge in [-0.1, -0.05) is 30.3 Å². The van der Waals surface area contributed by atoms with Crippen molar-refractivity contribution in [1.82, 2.24) is 5.32 Å². The van der Waals surface area contributed by atoms with Crippen molar-refractivity contribution in [2.75, 3.05) is 6.61 Å². The summed E-state index contributed by atoms with van der Waals surface area (Å²) in [7, 11) is 0. The highest BCUT2D eigenvalue weighted by Gasteiger charge is 2.18. The van der Waals surface area contributed by atoms with Crippen LogP contribution in [-0.4, -0.2) is 23.2 Å². The van der Waals surface area contributed by atoms with Crippen molar-refractivity contribution in [2.24, 2.45) is 0 Å². The van der Waals surface area contributed by atoms with E-state index in [0.717, 1.165) is 12.8 Å². The zero-order valence-electron chi connectivity index (χ0n) is 11.3. The van der Waals surface area contributed by atoms with Crippen molar-refractivity contribution >= 4 is 5.91 Å². The molecule has 0 fully saturated rings. The molecule has 2 N–H and O–H groups in total. The van der Waals surface area contributed by atoms with Crippen LogP contribution in [0.3, 0.4) is 0 Å². The molecule has 0 atom stereocenters. The number of rotatable bonds is 7. The van der Waals surface area contributed by atoms with Crippen molar-refractivity contribution in [3.05, 3.63) is 35.9 Å². The largest absolute Gasteiger partial charge is 0.396 e. The Balaban J connectivity index is 2.25. The maximum Gasteiger partial charge on any atom is 0.220 e. The maximum atomic E-state index is 11.7. The number of carbonyl (C=O) groups excluding carboxylic acids is 1. The van der Waals surface area contributed by atoms with E-state index in [-0.39, 0.29) is 18.1 Å². The molecule has 0 radical (unpaired) electrons. The van der Waals surface area contributed by atoms with Crippen LogP contribution in [0, 0.1) is 0 Å². The molecule has 0 unspecified atom stereocenters. The predicted octanol–water partition coefficient (Wildman–Crippen LogP) is 2.29. The minimum absolute atomic E-state index is 0.0596. The summed E-state index contributed by atoms with van der Waals surface area (Å²) in [6.07, 6.45) is 2.89. The van der Waals surface area contributed by atoms with E-state index in [9.17, 15) is 4.79 Å². The van der Waals surface area contributed by atoms with E-state index >= 15 is 0 Å². The summed E-state index contributed by atoms with van der Waals surface area (Å²) in [5.74, 6) is 0.0596. The van der Waals surface area contributed by atoms with Crippen LogP contribution in [0.1, 0.15) is 38.7 Å². The summed E-state index contributed by atoms with van der Waals surface area (Å²) < 4.78 is 0. The van der Waals surface area contributed by atoms with Gasteiger partial charge in [0.1, 0.15) is 0 Å². The summed E-state index contributed by atoms with van der Waals surface area (Å²) in [5, 5.41) is 11.8. The van der Waals surface area contributed by atoms with Gasteiger partial charge < -0.3 is 10.4 Å². The van der Waals surface area contributed by atoms with Crippen LogP contribution in [0.15, 0.2) is 30.3 Å². The standard InChI is InChI=1S/C15H23NO2/c1-15(2,11-12-17)16-14(18)10-6-9-13-7-4-3-5-8-13/h3-5,7-8,17H,6,9-12H2,1-2H3,(H,16,18). The number of aliphatic hydroxyl groups excluding tert-OH is 1. The fourth-order valence-corrected chi connectivity index (χ4v) is 1.88. The van der Waals surface area contributed by atoms with Crippen molar-refractivity contribution in [2.45, 2.75) is 45.1 Å². The Morgan fingerprint density at radius 2 is 1.94 bits per heavy atom. The van der Waals surface area contributed by atoms with Crippen molar-refractivity contribution in [1.29, 1.82) is 0 Å². The molecule has 0 saturated heterocycles. The van der Waals surface area contributed by atoms with Crippen molar-refractivity contribution < 1.29 is 9.90 Å². The Kier molecular flexibility index (Phi) is 5.86. The third kappa shape index (κ3) is 5.82. The Morgan fingerprint density at radius 1 is 1.28 bits per heavy atom. The highest BCUT2D eigenvalue weighted by atomic mass is 16.3. The van der Waals surface area contributed by atoms with Gasteiger partial charge in [-0.05, 0) is 38.7 Å². The number of benzene rings is 1. The number of hydrogen-bond donors (Lipinski definition) is 2. The average Bonchev–Trinajstić information content (AvgIpc) is 2.29. The lowest BCUT2D eigenvalue weighted by atomic mass is 10.0. The normalized spacial score (nSPS) is 11.3. The molecule has 0 aliphatic carbocycles. The molecule has 1 rings (SSSR count). The zero-order chi connectivity index (χ0) is 13.4. The second kappa shape index (κ2) is 7.17. The minimum atomic E-state index is -0.321. The van der Waals surface area contributed by atoms with E-state index in [0.29, 0.717) is 12.8 Å². The zero-order valence-corrected chi connectivity index (χ0v) is 11.3. The summed E-state index contributed by atoms with van der Waals surface area (Å²) in [5.41, 5.74) is 0.943. The quantitative estimate of drug-likeness (QED) is 0.779. The summed E-state index contributed by atoms with van der Waals surface area (Å²) in [6.45, 7) is 3.95. The predicted molar refractivity (Wildman–Crippen MR) is 73.3 cm³/mol. The second-order valence-corrected chi connectivity index (χ2v) is 5.24. The molecule has 0 aliphatic heterocycles.